The molecule has 2 bridgehead atoms. The summed E-state index contributed by atoms with van der Waals surface area (Å²) in [5.74, 6) is 0.491. The van der Waals surface area contributed by atoms with Crippen LogP contribution in [0.2, 0.25) is 0 Å². The maximum Gasteiger partial charge on any atom is 0.223 e. The molecule has 0 unspecified atom stereocenters. The number of hydrogen-bond acceptors (Lipinski definition) is 4. The summed E-state index contributed by atoms with van der Waals surface area (Å²) < 4.78 is 0. The van der Waals surface area contributed by atoms with Crippen molar-refractivity contribution in [2.45, 2.75) is 57.0 Å². The Morgan fingerprint density at radius 1 is 1.12 bits per heavy atom. The molecule has 1 atom stereocenters. The van der Waals surface area contributed by atoms with Crippen LogP contribution in [0.1, 0.15) is 53.9 Å². The number of ketones is 1. The molecular weight excluding hydrogens is 344 g/mol. The van der Waals surface area contributed by atoms with Crippen LogP contribution >= 0.6 is 11.3 Å². The zero-order chi connectivity index (χ0) is 17.9. The molecule has 26 heavy (non-hydrogen) atoms. The molecule has 0 spiro atoms. The van der Waals surface area contributed by atoms with Gasteiger partial charge in [0.1, 0.15) is 6.04 Å². The molecule has 3 aliphatic rings. The lowest BCUT2D eigenvalue weighted by atomic mass is 9.73. The first kappa shape index (κ1) is 17.4. The van der Waals surface area contributed by atoms with Gasteiger partial charge in [-0.3, -0.25) is 9.59 Å². The van der Waals surface area contributed by atoms with Crippen LogP contribution in [-0.4, -0.2) is 33.7 Å². The Bertz CT molecular complexity index is 752. The van der Waals surface area contributed by atoms with E-state index in [1.165, 1.54) is 16.9 Å². The molecule has 5 heteroatoms. The van der Waals surface area contributed by atoms with Crippen LogP contribution in [0.3, 0.4) is 0 Å². The van der Waals surface area contributed by atoms with Crippen molar-refractivity contribution >= 4 is 23.0 Å². The van der Waals surface area contributed by atoms with Crippen molar-refractivity contribution in [2.75, 3.05) is 0 Å². The van der Waals surface area contributed by atoms with Gasteiger partial charge in [-0.1, -0.05) is 30.3 Å². The van der Waals surface area contributed by atoms with Crippen molar-refractivity contribution in [3.05, 3.63) is 52.5 Å². The van der Waals surface area contributed by atoms with E-state index in [4.69, 9.17) is 0 Å². The highest BCUT2D eigenvalue weighted by molar-refractivity contribution is 7.11. The summed E-state index contributed by atoms with van der Waals surface area (Å²) in [4.78, 5) is 32.2. The minimum Gasteiger partial charge on any atom is -0.329 e. The average molecular weight is 369 g/mol. The zero-order valence-electron chi connectivity index (χ0n) is 14.8. The Balaban J connectivity index is 1.45. The van der Waals surface area contributed by atoms with Crippen molar-refractivity contribution in [1.29, 1.82) is 0 Å². The first-order valence-corrected chi connectivity index (χ1v) is 10.4. The Morgan fingerprint density at radius 2 is 1.88 bits per heavy atom. The van der Waals surface area contributed by atoms with E-state index in [2.05, 4.69) is 17.1 Å². The molecule has 3 heterocycles. The number of benzene rings is 1. The third kappa shape index (κ3) is 3.45. The number of carbonyl (C=O) groups excluding carboxylic acids is 2. The van der Waals surface area contributed by atoms with Crippen LogP contribution in [0, 0.1) is 5.92 Å². The van der Waals surface area contributed by atoms with Crippen LogP contribution in [-0.2, 0) is 11.2 Å². The van der Waals surface area contributed by atoms with Crippen LogP contribution in [0.25, 0.3) is 0 Å². The van der Waals surface area contributed by atoms with Gasteiger partial charge in [-0.25, -0.2) is 4.98 Å². The number of rotatable bonds is 6. The standard InChI is InChI=1S/C21H24N2O2S/c24-18(8-4-7-15-5-2-1-3-6-15)23-17-11-9-16(10-12-17)19(23)20(25)21-22-13-14-26-21/h1-3,5-6,13-14,16-17,19H,4,7-12H2/t16?,17?,19-/m0/s1. The van der Waals surface area contributed by atoms with Crippen molar-refractivity contribution in [1.82, 2.24) is 9.88 Å². The molecular formula is C21H24N2O2S. The van der Waals surface area contributed by atoms with E-state index < -0.39 is 0 Å². The molecule has 1 amide bonds. The van der Waals surface area contributed by atoms with E-state index in [9.17, 15) is 9.59 Å². The lowest BCUT2D eigenvalue weighted by Crippen LogP contribution is -2.60. The van der Waals surface area contributed by atoms with Gasteiger partial charge in [0.2, 0.25) is 11.7 Å². The second-order valence-electron chi connectivity index (χ2n) is 7.36. The van der Waals surface area contributed by atoms with Gasteiger partial charge in [-0.05, 0) is 50.0 Å². The van der Waals surface area contributed by atoms with Gasteiger partial charge in [0.25, 0.3) is 0 Å². The van der Waals surface area contributed by atoms with Crippen molar-refractivity contribution in [3.8, 4) is 0 Å². The largest absolute Gasteiger partial charge is 0.329 e. The molecule has 0 N–H and O–H groups in total. The van der Waals surface area contributed by atoms with E-state index in [1.807, 2.05) is 28.5 Å². The molecule has 136 valence electrons. The van der Waals surface area contributed by atoms with Crippen LogP contribution in [0.4, 0.5) is 0 Å². The second-order valence-corrected chi connectivity index (χ2v) is 8.25. The summed E-state index contributed by atoms with van der Waals surface area (Å²) in [6.45, 7) is 0. The maximum absolute atomic E-state index is 13.0. The highest BCUT2D eigenvalue weighted by atomic mass is 32.1. The molecule has 2 aliphatic heterocycles. The summed E-state index contributed by atoms with van der Waals surface area (Å²) >= 11 is 1.38. The summed E-state index contributed by atoms with van der Waals surface area (Å²) in [5, 5.41) is 2.38. The number of hydrogen-bond donors (Lipinski definition) is 0. The monoisotopic (exact) mass is 368 g/mol. The lowest BCUT2D eigenvalue weighted by Gasteiger charge is -2.50. The molecule has 4 nitrogen and oxygen atoms in total. The van der Waals surface area contributed by atoms with Crippen LogP contribution in [0.15, 0.2) is 41.9 Å². The summed E-state index contributed by atoms with van der Waals surface area (Å²) in [6.07, 6.45) is 8.10. The molecule has 2 aromatic rings. The number of amides is 1. The third-order valence-corrected chi connectivity index (χ3v) is 6.57. The SMILES string of the molecule is O=C(c1nccs1)[C@@H]1C2CCC(CC2)N1C(=O)CCCc1ccccc1. The number of piperidine rings is 2. The van der Waals surface area contributed by atoms with E-state index in [1.54, 1.807) is 6.20 Å². The molecule has 5 rings (SSSR count). The number of carbonyl (C=O) groups is 2. The molecule has 1 saturated carbocycles. The second kappa shape index (κ2) is 7.70. The number of fused-ring (bicyclic) bond motifs is 3. The Hall–Kier alpha value is -2.01. The maximum atomic E-state index is 13.0. The predicted octanol–water partition coefficient (Wildman–Crippen LogP) is 4.12. The normalized spacial score (nSPS) is 24.6. The predicted molar refractivity (Wildman–Crippen MR) is 102 cm³/mol. The fourth-order valence-corrected chi connectivity index (χ4v) is 5.15. The Kier molecular flexibility index (Phi) is 5.16. The van der Waals surface area contributed by atoms with Crippen molar-refractivity contribution < 1.29 is 9.59 Å². The van der Waals surface area contributed by atoms with E-state index >= 15 is 0 Å². The number of thiazole rings is 1. The minimum absolute atomic E-state index is 0.0470. The van der Waals surface area contributed by atoms with E-state index in [0.717, 1.165) is 38.5 Å². The molecule has 1 aliphatic carbocycles. The molecule has 1 aromatic heterocycles. The van der Waals surface area contributed by atoms with Gasteiger partial charge in [-0.2, -0.15) is 0 Å². The van der Waals surface area contributed by atoms with Crippen molar-refractivity contribution in [3.63, 3.8) is 0 Å². The van der Waals surface area contributed by atoms with Gasteiger partial charge in [-0.15, -0.1) is 11.3 Å². The summed E-state index contributed by atoms with van der Waals surface area (Å²) in [6, 6.07) is 10.2. The molecule has 1 aromatic carbocycles. The van der Waals surface area contributed by atoms with E-state index in [0.29, 0.717) is 17.3 Å². The van der Waals surface area contributed by atoms with Gasteiger partial charge in [0, 0.05) is 24.0 Å². The molecule has 0 radical (unpaired) electrons. The highest BCUT2D eigenvalue weighted by Crippen LogP contribution is 2.41. The van der Waals surface area contributed by atoms with Gasteiger partial charge in [0.05, 0.1) is 0 Å². The number of aromatic nitrogens is 1. The first-order chi connectivity index (χ1) is 12.7. The quantitative estimate of drug-likeness (QED) is 0.721. The zero-order valence-corrected chi connectivity index (χ0v) is 15.7. The Morgan fingerprint density at radius 3 is 2.58 bits per heavy atom. The van der Waals surface area contributed by atoms with Crippen LogP contribution in [0.5, 0.6) is 0 Å². The fraction of sp³-hybridized carbons (Fsp3) is 0.476. The third-order valence-electron chi connectivity index (χ3n) is 5.78. The fourth-order valence-electron chi connectivity index (χ4n) is 4.54. The number of aryl methyl sites for hydroxylation is 1. The number of Topliss-reactive ketones (excluding diaryl/α,β-unsaturated/α-hetero) is 1. The topological polar surface area (TPSA) is 50.3 Å². The summed E-state index contributed by atoms with van der Waals surface area (Å²) in [7, 11) is 0. The average Bonchev–Trinajstić information content (AvgIpc) is 3.23. The highest BCUT2D eigenvalue weighted by Gasteiger charge is 2.47. The lowest BCUT2D eigenvalue weighted by molar-refractivity contribution is -0.142. The van der Waals surface area contributed by atoms with Crippen molar-refractivity contribution in [2.24, 2.45) is 5.92 Å². The van der Waals surface area contributed by atoms with Crippen LogP contribution < -0.4 is 0 Å². The molecule has 2 saturated heterocycles. The first-order valence-electron chi connectivity index (χ1n) is 9.53. The minimum atomic E-state index is -0.294. The smallest absolute Gasteiger partial charge is 0.223 e. The number of nitrogens with zero attached hydrogens (tertiary/aromatic N) is 2. The van der Waals surface area contributed by atoms with E-state index in [-0.39, 0.29) is 23.8 Å². The Labute approximate surface area is 158 Å². The van der Waals surface area contributed by atoms with Gasteiger partial charge < -0.3 is 4.90 Å². The summed E-state index contributed by atoms with van der Waals surface area (Å²) in [5.41, 5.74) is 1.26. The van der Waals surface area contributed by atoms with Gasteiger partial charge in [0.15, 0.2) is 5.01 Å². The molecule has 3 fully saturated rings. The van der Waals surface area contributed by atoms with Gasteiger partial charge >= 0.3 is 0 Å².